The molecule has 1 aliphatic rings. The van der Waals surface area contributed by atoms with Crippen LogP contribution in [0.4, 0.5) is 0 Å². The Morgan fingerprint density at radius 3 is 1.73 bits per heavy atom. The van der Waals surface area contributed by atoms with Crippen LogP contribution in [-0.2, 0) is 14.8 Å². The van der Waals surface area contributed by atoms with Crippen molar-refractivity contribution in [3.05, 3.63) is 27.8 Å². The third-order valence-electron chi connectivity index (χ3n) is 6.11. The van der Waals surface area contributed by atoms with Crippen LogP contribution < -0.4 is 0 Å². The van der Waals surface area contributed by atoms with Crippen LogP contribution in [0.25, 0.3) is 0 Å². The maximum absolute atomic E-state index is 13.3. The van der Waals surface area contributed by atoms with Gasteiger partial charge in [0.05, 0.1) is 4.90 Å². The Balaban J connectivity index is 2.30. The summed E-state index contributed by atoms with van der Waals surface area (Å²) in [6.45, 7) is 15.4. The summed E-state index contributed by atoms with van der Waals surface area (Å²) in [5, 5.41) is 0. The summed E-state index contributed by atoms with van der Waals surface area (Å²) < 4.78 is 28.2. The van der Waals surface area contributed by atoms with Crippen molar-refractivity contribution in [1.82, 2.24) is 9.21 Å². The van der Waals surface area contributed by atoms with Gasteiger partial charge in [-0.2, -0.15) is 4.31 Å². The number of nitrogens with zero attached hydrogens (tertiary/aromatic N) is 2. The minimum Gasteiger partial charge on any atom is -0.340 e. The predicted octanol–water partition coefficient (Wildman–Crippen LogP) is 3.11. The minimum atomic E-state index is -3.56. The Bertz CT molecular complexity index is 778. The summed E-state index contributed by atoms with van der Waals surface area (Å²) in [5.74, 6) is 0.115. The summed E-state index contributed by atoms with van der Waals surface area (Å²) >= 11 is 0. The molecule has 0 bridgehead atoms. The lowest BCUT2D eigenvalue weighted by molar-refractivity contribution is -0.136. The second kappa shape index (κ2) is 7.69. The van der Waals surface area contributed by atoms with E-state index in [1.54, 1.807) is 4.90 Å². The standard InChI is InChI=1S/C20H32N2O3S/c1-8-13(2)20(23)21-9-11-22(12-10-21)26(24,25)19-17(6)15(4)14(3)16(5)18(19)7/h13H,8-12H2,1-7H3. The summed E-state index contributed by atoms with van der Waals surface area (Å²) in [6.07, 6.45) is 0.803. The van der Waals surface area contributed by atoms with Gasteiger partial charge in [0.25, 0.3) is 0 Å². The third-order valence-corrected chi connectivity index (χ3v) is 8.29. The molecule has 1 saturated heterocycles. The first-order valence-corrected chi connectivity index (χ1v) is 10.8. The molecule has 0 radical (unpaired) electrons. The molecule has 1 unspecified atom stereocenters. The highest BCUT2D eigenvalue weighted by atomic mass is 32.2. The number of rotatable bonds is 4. The SMILES string of the molecule is CCC(C)C(=O)N1CCN(S(=O)(=O)c2c(C)c(C)c(C)c(C)c2C)CC1. The quantitative estimate of drug-likeness (QED) is 0.806. The summed E-state index contributed by atoms with van der Waals surface area (Å²) in [5.41, 5.74) is 4.91. The highest BCUT2D eigenvalue weighted by molar-refractivity contribution is 7.89. The zero-order chi connectivity index (χ0) is 19.8. The molecule has 0 aromatic heterocycles. The highest BCUT2D eigenvalue weighted by Gasteiger charge is 2.33. The fourth-order valence-corrected chi connectivity index (χ4v) is 5.60. The van der Waals surface area contributed by atoms with Crippen molar-refractivity contribution in [2.45, 2.75) is 59.8 Å². The van der Waals surface area contributed by atoms with E-state index in [1.165, 1.54) is 4.31 Å². The predicted molar refractivity (Wildman–Crippen MR) is 105 cm³/mol. The molecular weight excluding hydrogens is 348 g/mol. The number of amides is 1. The molecule has 26 heavy (non-hydrogen) atoms. The fraction of sp³-hybridized carbons (Fsp3) is 0.650. The number of piperazine rings is 1. The van der Waals surface area contributed by atoms with Gasteiger partial charge in [-0.05, 0) is 68.9 Å². The molecule has 1 aliphatic heterocycles. The number of sulfonamides is 1. The molecule has 0 spiro atoms. The lowest BCUT2D eigenvalue weighted by Gasteiger charge is -2.36. The maximum atomic E-state index is 13.3. The molecule has 5 nitrogen and oxygen atoms in total. The van der Waals surface area contributed by atoms with E-state index in [-0.39, 0.29) is 11.8 Å². The molecule has 2 rings (SSSR count). The Morgan fingerprint density at radius 2 is 1.31 bits per heavy atom. The van der Waals surface area contributed by atoms with Crippen LogP contribution in [0, 0.1) is 40.5 Å². The molecule has 146 valence electrons. The van der Waals surface area contributed by atoms with E-state index >= 15 is 0 Å². The van der Waals surface area contributed by atoms with Crippen molar-refractivity contribution in [3.63, 3.8) is 0 Å². The number of carbonyl (C=O) groups excluding carboxylic acids is 1. The van der Waals surface area contributed by atoms with Crippen molar-refractivity contribution < 1.29 is 13.2 Å². The van der Waals surface area contributed by atoms with Gasteiger partial charge >= 0.3 is 0 Å². The minimum absolute atomic E-state index is 0.00922. The number of hydrogen-bond donors (Lipinski definition) is 0. The van der Waals surface area contributed by atoms with Crippen LogP contribution in [0.2, 0.25) is 0 Å². The first-order valence-electron chi connectivity index (χ1n) is 9.39. The van der Waals surface area contributed by atoms with Crippen LogP contribution in [0.3, 0.4) is 0 Å². The summed E-state index contributed by atoms with van der Waals surface area (Å²) in [4.78, 5) is 14.6. The van der Waals surface area contributed by atoms with Gasteiger partial charge in [-0.3, -0.25) is 4.79 Å². The van der Waals surface area contributed by atoms with Gasteiger partial charge < -0.3 is 4.90 Å². The van der Waals surface area contributed by atoms with E-state index in [9.17, 15) is 13.2 Å². The Labute approximate surface area is 158 Å². The molecule has 1 atom stereocenters. The average Bonchev–Trinajstić information content (AvgIpc) is 2.63. The number of benzene rings is 1. The van der Waals surface area contributed by atoms with Gasteiger partial charge in [-0.25, -0.2) is 8.42 Å². The normalized spacial score (nSPS) is 17.4. The van der Waals surface area contributed by atoms with Gasteiger partial charge in [0, 0.05) is 32.1 Å². The molecule has 1 aromatic carbocycles. The van der Waals surface area contributed by atoms with E-state index in [1.807, 2.05) is 48.5 Å². The van der Waals surface area contributed by atoms with Gasteiger partial charge in [-0.1, -0.05) is 13.8 Å². The second-order valence-electron chi connectivity index (χ2n) is 7.49. The summed E-state index contributed by atoms with van der Waals surface area (Å²) in [6, 6.07) is 0. The molecule has 1 fully saturated rings. The topological polar surface area (TPSA) is 57.7 Å². The van der Waals surface area contributed by atoms with E-state index in [4.69, 9.17) is 0 Å². The van der Waals surface area contributed by atoms with Crippen LogP contribution in [0.15, 0.2) is 4.90 Å². The first-order chi connectivity index (χ1) is 12.0. The Kier molecular flexibility index (Phi) is 6.18. The van der Waals surface area contributed by atoms with Crippen LogP contribution in [0.1, 0.15) is 48.1 Å². The Hall–Kier alpha value is -1.40. The van der Waals surface area contributed by atoms with Crippen LogP contribution in [-0.4, -0.2) is 49.7 Å². The molecule has 0 saturated carbocycles. The highest BCUT2D eigenvalue weighted by Crippen LogP contribution is 2.32. The molecule has 1 heterocycles. The third kappa shape index (κ3) is 3.54. The second-order valence-corrected chi connectivity index (χ2v) is 9.37. The molecule has 0 aliphatic carbocycles. The maximum Gasteiger partial charge on any atom is 0.243 e. The van der Waals surface area contributed by atoms with Crippen molar-refractivity contribution in [1.29, 1.82) is 0 Å². The average molecular weight is 381 g/mol. The van der Waals surface area contributed by atoms with Gasteiger partial charge in [0.2, 0.25) is 15.9 Å². The van der Waals surface area contributed by atoms with E-state index < -0.39 is 10.0 Å². The fourth-order valence-electron chi connectivity index (χ4n) is 3.62. The van der Waals surface area contributed by atoms with Gasteiger partial charge in [0.15, 0.2) is 0 Å². The number of carbonyl (C=O) groups is 1. The first kappa shape index (κ1) is 20.9. The van der Waals surface area contributed by atoms with Crippen LogP contribution >= 0.6 is 0 Å². The molecule has 6 heteroatoms. The molecule has 1 amide bonds. The van der Waals surface area contributed by atoms with Crippen molar-refractivity contribution in [2.24, 2.45) is 5.92 Å². The number of hydrogen-bond acceptors (Lipinski definition) is 3. The van der Waals surface area contributed by atoms with Crippen molar-refractivity contribution in [2.75, 3.05) is 26.2 Å². The lowest BCUT2D eigenvalue weighted by atomic mass is 9.95. The zero-order valence-corrected chi connectivity index (χ0v) is 18.0. The van der Waals surface area contributed by atoms with Gasteiger partial charge in [0.1, 0.15) is 0 Å². The van der Waals surface area contributed by atoms with E-state index in [2.05, 4.69) is 0 Å². The molecule has 1 aromatic rings. The summed E-state index contributed by atoms with van der Waals surface area (Å²) in [7, 11) is -3.56. The molecular formula is C20H32N2O3S. The van der Waals surface area contributed by atoms with E-state index in [0.717, 1.165) is 34.2 Å². The van der Waals surface area contributed by atoms with Crippen molar-refractivity contribution >= 4 is 15.9 Å². The molecule has 0 N–H and O–H groups in total. The lowest BCUT2D eigenvalue weighted by Crippen LogP contribution is -2.51. The van der Waals surface area contributed by atoms with Crippen molar-refractivity contribution in [3.8, 4) is 0 Å². The smallest absolute Gasteiger partial charge is 0.243 e. The Morgan fingerprint density at radius 1 is 0.885 bits per heavy atom. The largest absolute Gasteiger partial charge is 0.340 e. The zero-order valence-electron chi connectivity index (χ0n) is 17.1. The van der Waals surface area contributed by atoms with Gasteiger partial charge in [-0.15, -0.1) is 0 Å². The monoisotopic (exact) mass is 380 g/mol. The van der Waals surface area contributed by atoms with Crippen LogP contribution in [0.5, 0.6) is 0 Å². The van der Waals surface area contributed by atoms with E-state index in [0.29, 0.717) is 31.1 Å².